The summed E-state index contributed by atoms with van der Waals surface area (Å²) in [7, 11) is 1.20. The van der Waals surface area contributed by atoms with E-state index in [1.165, 1.54) is 7.11 Å². The van der Waals surface area contributed by atoms with Gasteiger partial charge in [0.1, 0.15) is 11.9 Å². The number of nitrogens with zero attached hydrogens (tertiary/aromatic N) is 2. The van der Waals surface area contributed by atoms with Gasteiger partial charge in [-0.05, 0) is 0 Å². The van der Waals surface area contributed by atoms with Gasteiger partial charge in [-0.1, -0.05) is 0 Å². The molecule has 80 valence electrons. The standard InChI is InChI=1S/C8H8N2O5/c1-15-8(12)3-6-7(11)2-5(4-9-6)10(13)14/h2,4,11H,3H2,1H3. The van der Waals surface area contributed by atoms with Crippen molar-refractivity contribution in [1.29, 1.82) is 0 Å². The molecule has 0 saturated heterocycles. The predicted octanol–water partition coefficient (Wildman–Crippen LogP) is 0.411. The van der Waals surface area contributed by atoms with Gasteiger partial charge in [-0.25, -0.2) is 4.98 Å². The van der Waals surface area contributed by atoms with Crippen molar-refractivity contribution in [1.82, 2.24) is 4.98 Å². The van der Waals surface area contributed by atoms with Crippen LogP contribution in [0.3, 0.4) is 0 Å². The van der Waals surface area contributed by atoms with Gasteiger partial charge in [0.2, 0.25) is 0 Å². The van der Waals surface area contributed by atoms with E-state index in [0.29, 0.717) is 0 Å². The molecule has 1 rings (SSSR count). The van der Waals surface area contributed by atoms with Crippen LogP contribution in [-0.2, 0) is 16.0 Å². The molecule has 15 heavy (non-hydrogen) atoms. The maximum absolute atomic E-state index is 10.8. The highest BCUT2D eigenvalue weighted by Gasteiger charge is 2.14. The van der Waals surface area contributed by atoms with Crippen molar-refractivity contribution in [3.63, 3.8) is 0 Å². The van der Waals surface area contributed by atoms with E-state index in [0.717, 1.165) is 12.3 Å². The van der Waals surface area contributed by atoms with Crippen LogP contribution in [-0.4, -0.2) is 28.1 Å². The monoisotopic (exact) mass is 212 g/mol. The summed E-state index contributed by atoms with van der Waals surface area (Å²) in [5.41, 5.74) is -0.284. The molecular formula is C8H8N2O5. The van der Waals surface area contributed by atoms with Crippen molar-refractivity contribution in [2.75, 3.05) is 7.11 Å². The number of ether oxygens (including phenoxy) is 1. The van der Waals surface area contributed by atoms with Crippen molar-refractivity contribution in [3.05, 3.63) is 28.1 Å². The van der Waals surface area contributed by atoms with Crippen LogP contribution in [0.4, 0.5) is 5.69 Å². The lowest BCUT2D eigenvalue weighted by atomic mass is 10.2. The van der Waals surface area contributed by atoms with Gasteiger partial charge in [0.15, 0.2) is 0 Å². The molecule has 1 heterocycles. The third kappa shape index (κ3) is 2.63. The Balaban J connectivity index is 2.93. The SMILES string of the molecule is COC(=O)Cc1ncc([N+](=O)[O-])cc1O. The number of esters is 1. The van der Waals surface area contributed by atoms with Crippen molar-refractivity contribution in [2.45, 2.75) is 6.42 Å². The molecule has 0 aromatic carbocycles. The van der Waals surface area contributed by atoms with E-state index in [9.17, 15) is 20.0 Å². The first-order valence-corrected chi connectivity index (χ1v) is 3.93. The summed E-state index contributed by atoms with van der Waals surface area (Å²) in [6, 6.07) is 0.936. The molecule has 0 radical (unpaired) electrons. The van der Waals surface area contributed by atoms with Crippen LogP contribution >= 0.6 is 0 Å². The molecule has 7 nitrogen and oxygen atoms in total. The van der Waals surface area contributed by atoms with Crippen molar-refractivity contribution in [3.8, 4) is 5.75 Å². The van der Waals surface area contributed by atoms with Crippen LogP contribution in [0.5, 0.6) is 5.75 Å². The largest absolute Gasteiger partial charge is 0.506 e. The minimum absolute atomic E-state index is 0.0486. The smallest absolute Gasteiger partial charge is 0.311 e. The molecule has 1 aromatic rings. The summed E-state index contributed by atoms with van der Waals surface area (Å²) >= 11 is 0. The van der Waals surface area contributed by atoms with Gasteiger partial charge in [-0.2, -0.15) is 0 Å². The number of methoxy groups -OCH3 is 1. The lowest BCUT2D eigenvalue weighted by Crippen LogP contribution is -2.06. The lowest BCUT2D eigenvalue weighted by molar-refractivity contribution is -0.385. The Bertz CT molecular complexity index is 404. The van der Waals surface area contributed by atoms with E-state index in [1.54, 1.807) is 0 Å². The molecule has 0 aliphatic rings. The van der Waals surface area contributed by atoms with Crippen molar-refractivity contribution in [2.24, 2.45) is 0 Å². The maximum atomic E-state index is 10.8. The number of hydrogen-bond acceptors (Lipinski definition) is 6. The third-order valence-corrected chi connectivity index (χ3v) is 1.68. The van der Waals surface area contributed by atoms with E-state index in [2.05, 4.69) is 9.72 Å². The van der Waals surface area contributed by atoms with Crippen LogP contribution in [0.2, 0.25) is 0 Å². The molecule has 0 aliphatic heterocycles. The van der Waals surface area contributed by atoms with Crippen LogP contribution in [0.1, 0.15) is 5.69 Å². The second-order valence-corrected chi connectivity index (χ2v) is 2.67. The van der Waals surface area contributed by atoms with Crippen LogP contribution in [0.25, 0.3) is 0 Å². The van der Waals surface area contributed by atoms with Gasteiger partial charge < -0.3 is 9.84 Å². The molecule has 0 amide bonds. The Morgan fingerprint density at radius 3 is 2.87 bits per heavy atom. The number of aromatic nitrogens is 1. The van der Waals surface area contributed by atoms with Gasteiger partial charge in [0.25, 0.3) is 5.69 Å². The fraction of sp³-hybridized carbons (Fsp3) is 0.250. The highest BCUT2D eigenvalue weighted by atomic mass is 16.6. The molecule has 1 N–H and O–H groups in total. The molecule has 7 heteroatoms. The van der Waals surface area contributed by atoms with Gasteiger partial charge >= 0.3 is 5.97 Å². The summed E-state index contributed by atoms with van der Waals surface area (Å²) in [4.78, 5) is 24.1. The van der Waals surface area contributed by atoms with Crippen molar-refractivity contribution >= 4 is 11.7 Å². The van der Waals surface area contributed by atoms with E-state index in [4.69, 9.17) is 0 Å². The van der Waals surface area contributed by atoms with Gasteiger partial charge in [-0.15, -0.1) is 0 Å². The molecule has 0 fully saturated rings. The number of nitro groups is 1. The number of rotatable bonds is 3. The summed E-state index contributed by atoms with van der Waals surface area (Å²) in [6.45, 7) is 0. The van der Waals surface area contributed by atoms with E-state index >= 15 is 0 Å². The first-order valence-electron chi connectivity index (χ1n) is 3.93. The summed E-state index contributed by atoms with van der Waals surface area (Å²) in [5.74, 6) is -0.971. The van der Waals surface area contributed by atoms with Gasteiger partial charge in [0, 0.05) is 0 Å². The Morgan fingerprint density at radius 1 is 1.73 bits per heavy atom. The molecular weight excluding hydrogens is 204 g/mol. The maximum Gasteiger partial charge on any atom is 0.311 e. The fourth-order valence-corrected chi connectivity index (χ4v) is 0.916. The minimum Gasteiger partial charge on any atom is -0.506 e. The number of aromatic hydroxyl groups is 1. The number of pyridine rings is 1. The first kappa shape index (κ1) is 10.9. The molecule has 0 atom stereocenters. The molecule has 0 spiro atoms. The normalized spacial score (nSPS) is 9.67. The van der Waals surface area contributed by atoms with Crippen molar-refractivity contribution < 1.29 is 19.6 Å². The fourth-order valence-electron chi connectivity index (χ4n) is 0.916. The Morgan fingerprint density at radius 2 is 2.40 bits per heavy atom. The summed E-state index contributed by atoms with van der Waals surface area (Å²) in [6.07, 6.45) is 0.748. The topological polar surface area (TPSA) is 103 Å². The van der Waals surface area contributed by atoms with E-state index < -0.39 is 16.6 Å². The molecule has 0 aliphatic carbocycles. The summed E-state index contributed by atoms with van der Waals surface area (Å²) in [5, 5.41) is 19.6. The number of carbonyl (C=O) groups is 1. The zero-order valence-electron chi connectivity index (χ0n) is 7.84. The van der Waals surface area contributed by atoms with Gasteiger partial charge in [0.05, 0.1) is 30.2 Å². The van der Waals surface area contributed by atoms with Gasteiger partial charge in [-0.3, -0.25) is 14.9 Å². The van der Waals surface area contributed by atoms with E-state index in [-0.39, 0.29) is 17.8 Å². The highest BCUT2D eigenvalue weighted by Crippen LogP contribution is 2.21. The molecule has 0 saturated carbocycles. The first-order chi connectivity index (χ1) is 7.04. The minimum atomic E-state index is -0.686. The summed E-state index contributed by atoms with van der Waals surface area (Å²) < 4.78 is 4.36. The zero-order valence-corrected chi connectivity index (χ0v) is 7.84. The molecule has 1 aromatic heterocycles. The predicted molar refractivity (Wildman–Crippen MR) is 48.3 cm³/mol. The second kappa shape index (κ2) is 4.36. The molecule has 0 unspecified atom stereocenters. The highest BCUT2D eigenvalue weighted by molar-refractivity contribution is 5.72. The molecule has 0 bridgehead atoms. The zero-order chi connectivity index (χ0) is 11.4. The number of carbonyl (C=O) groups excluding carboxylic acids is 1. The van der Waals surface area contributed by atoms with E-state index in [1.807, 2.05) is 0 Å². The van der Waals surface area contributed by atoms with Crippen LogP contribution in [0, 0.1) is 10.1 Å². The lowest BCUT2D eigenvalue weighted by Gasteiger charge is -2.01. The average Bonchev–Trinajstić information content (AvgIpc) is 2.20. The third-order valence-electron chi connectivity index (χ3n) is 1.68. The van der Waals surface area contributed by atoms with Crippen LogP contribution in [0.15, 0.2) is 12.3 Å². The van der Waals surface area contributed by atoms with Crippen LogP contribution < -0.4 is 0 Å². The quantitative estimate of drug-likeness (QED) is 0.442. The Labute approximate surface area is 84.5 Å². The Kier molecular flexibility index (Phi) is 3.17. The second-order valence-electron chi connectivity index (χ2n) is 2.67. The average molecular weight is 212 g/mol. The Hall–Kier alpha value is -2.18. The number of hydrogen-bond donors (Lipinski definition) is 1.